The molecule has 0 radical (unpaired) electrons. The summed E-state index contributed by atoms with van der Waals surface area (Å²) in [7, 11) is 0. The number of ether oxygens (including phenoxy) is 1. The van der Waals surface area contributed by atoms with Gasteiger partial charge in [-0.3, -0.25) is 4.99 Å². The highest BCUT2D eigenvalue weighted by Crippen LogP contribution is 2.18. The lowest BCUT2D eigenvalue weighted by atomic mass is 9.94. The fraction of sp³-hybridized carbons (Fsp3) is 0.952. The molecular formula is C21H43IN4O2. The molecule has 0 aromatic rings. The first kappa shape index (κ1) is 25.9. The Morgan fingerprint density at radius 2 is 2.00 bits per heavy atom. The van der Waals surface area contributed by atoms with Crippen molar-refractivity contribution in [1.82, 2.24) is 15.5 Å². The normalized spacial score (nSPS) is 22.9. The van der Waals surface area contributed by atoms with Crippen LogP contribution in [0.4, 0.5) is 0 Å². The molecule has 0 aromatic heterocycles. The Bertz CT molecular complexity index is 423. The van der Waals surface area contributed by atoms with Crippen LogP contribution in [0.25, 0.3) is 0 Å². The molecule has 2 fully saturated rings. The molecule has 7 heteroatoms. The molecule has 2 aliphatic rings. The van der Waals surface area contributed by atoms with Crippen LogP contribution in [0.5, 0.6) is 0 Å². The number of hydrogen-bond acceptors (Lipinski definition) is 4. The summed E-state index contributed by atoms with van der Waals surface area (Å²) in [4.78, 5) is 7.43. The minimum absolute atomic E-state index is 0. The van der Waals surface area contributed by atoms with E-state index < -0.39 is 0 Å². The molecule has 2 rings (SSSR count). The molecule has 0 aromatic carbocycles. The van der Waals surface area contributed by atoms with Crippen molar-refractivity contribution >= 4 is 29.9 Å². The van der Waals surface area contributed by atoms with Gasteiger partial charge in [0.25, 0.3) is 0 Å². The molecule has 2 heterocycles. The summed E-state index contributed by atoms with van der Waals surface area (Å²) in [6.45, 7) is 13.9. The van der Waals surface area contributed by atoms with Crippen molar-refractivity contribution in [3.8, 4) is 0 Å². The zero-order valence-corrected chi connectivity index (χ0v) is 20.5. The molecule has 6 nitrogen and oxygen atoms in total. The number of piperidine rings is 1. The molecule has 28 heavy (non-hydrogen) atoms. The van der Waals surface area contributed by atoms with Crippen LogP contribution in [0, 0.1) is 17.8 Å². The molecule has 2 saturated heterocycles. The van der Waals surface area contributed by atoms with Crippen LogP contribution in [0.2, 0.25) is 0 Å². The fourth-order valence-corrected chi connectivity index (χ4v) is 4.22. The highest BCUT2D eigenvalue weighted by molar-refractivity contribution is 14.0. The number of aliphatic hydroxyl groups excluding tert-OH is 1. The Hall–Kier alpha value is -0.120. The van der Waals surface area contributed by atoms with Crippen LogP contribution in [-0.2, 0) is 4.74 Å². The highest BCUT2D eigenvalue weighted by Gasteiger charge is 2.24. The lowest BCUT2D eigenvalue weighted by Gasteiger charge is -2.34. The topological polar surface area (TPSA) is 69.1 Å². The van der Waals surface area contributed by atoms with Gasteiger partial charge in [0.1, 0.15) is 0 Å². The van der Waals surface area contributed by atoms with Crippen molar-refractivity contribution in [2.45, 2.75) is 58.9 Å². The van der Waals surface area contributed by atoms with Gasteiger partial charge >= 0.3 is 0 Å². The third-order valence-corrected chi connectivity index (χ3v) is 5.66. The van der Waals surface area contributed by atoms with E-state index in [0.29, 0.717) is 17.9 Å². The monoisotopic (exact) mass is 510 g/mol. The molecular weight excluding hydrogens is 467 g/mol. The second-order valence-electron chi connectivity index (χ2n) is 8.68. The first-order valence-corrected chi connectivity index (χ1v) is 11.1. The van der Waals surface area contributed by atoms with Crippen molar-refractivity contribution in [2.24, 2.45) is 22.7 Å². The molecule has 0 saturated carbocycles. The Kier molecular flexibility index (Phi) is 13.7. The molecule has 2 unspecified atom stereocenters. The Morgan fingerprint density at radius 1 is 1.25 bits per heavy atom. The first-order chi connectivity index (χ1) is 13.1. The number of nitrogens with zero attached hydrogens (tertiary/aromatic N) is 2. The van der Waals surface area contributed by atoms with Crippen LogP contribution < -0.4 is 10.6 Å². The average Bonchev–Trinajstić information content (AvgIpc) is 3.14. The van der Waals surface area contributed by atoms with Gasteiger partial charge < -0.3 is 25.4 Å². The number of aliphatic hydroxyl groups is 1. The van der Waals surface area contributed by atoms with E-state index in [1.54, 1.807) is 0 Å². The number of aliphatic imine (C=N–C) groups is 1. The SMILES string of the molecule is CCNC(=NCC(CCO)CC(C)C)NC1CCN(CC2CCOC2)CC1.I. The van der Waals surface area contributed by atoms with Crippen LogP contribution in [0.1, 0.15) is 52.9 Å². The van der Waals surface area contributed by atoms with Crippen molar-refractivity contribution < 1.29 is 9.84 Å². The van der Waals surface area contributed by atoms with Gasteiger partial charge in [0.15, 0.2) is 5.96 Å². The predicted molar refractivity (Wildman–Crippen MR) is 128 cm³/mol. The molecule has 2 aliphatic heterocycles. The van der Waals surface area contributed by atoms with Crippen LogP contribution in [0.15, 0.2) is 4.99 Å². The molecule has 3 N–H and O–H groups in total. The largest absolute Gasteiger partial charge is 0.396 e. The Morgan fingerprint density at radius 3 is 2.57 bits per heavy atom. The number of likely N-dealkylation sites (tertiary alicyclic amines) is 1. The number of nitrogens with one attached hydrogen (secondary N) is 2. The summed E-state index contributed by atoms with van der Waals surface area (Å²) in [5.41, 5.74) is 0. The summed E-state index contributed by atoms with van der Waals surface area (Å²) >= 11 is 0. The lowest BCUT2D eigenvalue weighted by Crippen LogP contribution is -2.49. The molecule has 0 amide bonds. The zero-order chi connectivity index (χ0) is 19.5. The first-order valence-electron chi connectivity index (χ1n) is 11.1. The molecule has 166 valence electrons. The quantitative estimate of drug-likeness (QED) is 0.240. The van der Waals surface area contributed by atoms with Gasteiger partial charge in [0.2, 0.25) is 0 Å². The van der Waals surface area contributed by atoms with Gasteiger partial charge in [-0.1, -0.05) is 13.8 Å². The minimum atomic E-state index is 0. The third-order valence-electron chi connectivity index (χ3n) is 5.66. The van der Waals surface area contributed by atoms with Crippen molar-refractivity contribution in [1.29, 1.82) is 0 Å². The van der Waals surface area contributed by atoms with Crippen molar-refractivity contribution in [2.75, 3.05) is 52.5 Å². The van der Waals surface area contributed by atoms with E-state index in [1.807, 2.05) is 0 Å². The van der Waals surface area contributed by atoms with E-state index in [-0.39, 0.29) is 30.6 Å². The lowest BCUT2D eigenvalue weighted by molar-refractivity contribution is 0.150. The maximum atomic E-state index is 9.31. The zero-order valence-electron chi connectivity index (χ0n) is 18.2. The van der Waals surface area contributed by atoms with E-state index in [9.17, 15) is 5.11 Å². The van der Waals surface area contributed by atoms with Crippen LogP contribution >= 0.6 is 24.0 Å². The highest BCUT2D eigenvalue weighted by atomic mass is 127. The van der Waals surface area contributed by atoms with E-state index in [0.717, 1.165) is 64.1 Å². The molecule has 0 spiro atoms. The van der Waals surface area contributed by atoms with Crippen molar-refractivity contribution in [3.05, 3.63) is 0 Å². The van der Waals surface area contributed by atoms with Gasteiger partial charge in [-0.25, -0.2) is 0 Å². The van der Waals surface area contributed by atoms with Gasteiger partial charge in [0, 0.05) is 52.0 Å². The van der Waals surface area contributed by atoms with E-state index in [2.05, 4.69) is 36.3 Å². The summed E-state index contributed by atoms with van der Waals surface area (Å²) in [6.07, 6.45) is 5.52. The number of rotatable bonds is 10. The van der Waals surface area contributed by atoms with Gasteiger partial charge in [-0.15, -0.1) is 24.0 Å². The maximum absolute atomic E-state index is 9.31. The summed E-state index contributed by atoms with van der Waals surface area (Å²) in [5.74, 6) is 2.77. The average molecular weight is 511 g/mol. The standard InChI is InChI=1S/C21H42N4O2.HI/c1-4-22-21(23-14-18(7-11-26)13-17(2)3)24-20-5-9-25(10-6-20)15-19-8-12-27-16-19;/h17-20,26H,4-16H2,1-3H3,(H2,22,23,24);1H. The van der Waals surface area contributed by atoms with E-state index in [4.69, 9.17) is 9.73 Å². The minimum Gasteiger partial charge on any atom is -0.396 e. The van der Waals surface area contributed by atoms with E-state index >= 15 is 0 Å². The van der Waals surface area contributed by atoms with Crippen LogP contribution in [0.3, 0.4) is 0 Å². The summed E-state index contributed by atoms with van der Waals surface area (Å²) in [5, 5.41) is 16.4. The second kappa shape index (κ2) is 14.8. The second-order valence-corrected chi connectivity index (χ2v) is 8.68. The number of hydrogen-bond donors (Lipinski definition) is 3. The van der Waals surface area contributed by atoms with Crippen LogP contribution in [-0.4, -0.2) is 74.6 Å². The summed E-state index contributed by atoms with van der Waals surface area (Å²) < 4.78 is 5.51. The van der Waals surface area contributed by atoms with Gasteiger partial charge in [-0.05, 0) is 56.8 Å². The maximum Gasteiger partial charge on any atom is 0.191 e. The Labute approximate surface area is 189 Å². The third kappa shape index (κ3) is 10.1. The molecule has 0 aliphatic carbocycles. The number of guanidine groups is 1. The molecule has 0 bridgehead atoms. The number of halogens is 1. The van der Waals surface area contributed by atoms with Crippen molar-refractivity contribution in [3.63, 3.8) is 0 Å². The van der Waals surface area contributed by atoms with Gasteiger partial charge in [0.05, 0.1) is 6.61 Å². The fourth-order valence-electron chi connectivity index (χ4n) is 4.22. The van der Waals surface area contributed by atoms with Gasteiger partial charge in [-0.2, -0.15) is 0 Å². The summed E-state index contributed by atoms with van der Waals surface area (Å²) in [6, 6.07) is 0.500. The smallest absolute Gasteiger partial charge is 0.191 e. The Balaban J connectivity index is 0.00000392. The predicted octanol–water partition coefficient (Wildman–Crippen LogP) is 2.71. The van der Waals surface area contributed by atoms with E-state index in [1.165, 1.54) is 25.8 Å². The molecule has 2 atom stereocenters.